The highest BCUT2D eigenvalue weighted by atomic mass is 79.9. The van der Waals surface area contributed by atoms with Gasteiger partial charge in [0.05, 0.1) is 4.48 Å². The molecule has 2 aliphatic rings. The van der Waals surface area contributed by atoms with E-state index >= 15 is 0 Å². The lowest BCUT2D eigenvalue weighted by Crippen LogP contribution is -2.16. The highest BCUT2D eigenvalue weighted by molar-refractivity contribution is 9.11. The first-order valence-corrected chi connectivity index (χ1v) is 7.89. The lowest BCUT2D eigenvalue weighted by Gasteiger charge is -2.17. The maximum absolute atomic E-state index is 6.08. The van der Waals surface area contributed by atoms with E-state index in [0.29, 0.717) is 0 Å². The molecular weight excluding hydrogens is 328 g/mol. The fourth-order valence-corrected chi connectivity index (χ4v) is 2.76. The summed E-state index contributed by atoms with van der Waals surface area (Å²) in [5.41, 5.74) is 0. The van der Waals surface area contributed by atoms with E-state index < -0.39 is 0 Å². The van der Waals surface area contributed by atoms with Crippen molar-refractivity contribution in [2.45, 2.75) is 25.0 Å². The van der Waals surface area contributed by atoms with Gasteiger partial charge in [-0.2, -0.15) is 0 Å². The molecule has 108 valence electrons. The number of rotatable bonds is 4. The van der Waals surface area contributed by atoms with Crippen molar-refractivity contribution in [2.24, 2.45) is 0 Å². The van der Waals surface area contributed by atoms with Gasteiger partial charge in [-0.25, -0.2) is 0 Å². The van der Waals surface area contributed by atoms with Gasteiger partial charge in [0.15, 0.2) is 0 Å². The van der Waals surface area contributed by atoms with Gasteiger partial charge >= 0.3 is 0 Å². The molecule has 0 spiro atoms. The zero-order valence-electron chi connectivity index (χ0n) is 11.6. The fraction of sp³-hybridized carbons (Fsp3) is 0.222. The monoisotopic (exact) mass is 344 g/mol. The second kappa shape index (κ2) is 6.81. The van der Waals surface area contributed by atoms with Crippen LogP contribution in [0.15, 0.2) is 77.0 Å². The van der Waals surface area contributed by atoms with Crippen molar-refractivity contribution in [2.75, 3.05) is 0 Å². The van der Waals surface area contributed by atoms with E-state index in [1.54, 1.807) is 0 Å². The first-order valence-electron chi connectivity index (χ1n) is 7.10. The summed E-state index contributed by atoms with van der Waals surface area (Å²) in [7, 11) is 0. The Morgan fingerprint density at radius 1 is 0.952 bits per heavy atom. The van der Waals surface area contributed by atoms with Gasteiger partial charge in [0.25, 0.3) is 0 Å². The van der Waals surface area contributed by atoms with Crippen LogP contribution in [0.3, 0.4) is 0 Å². The number of hydrogen-bond donors (Lipinski definition) is 0. The average molecular weight is 345 g/mol. The van der Waals surface area contributed by atoms with Crippen LogP contribution in [0.25, 0.3) is 0 Å². The van der Waals surface area contributed by atoms with Crippen LogP contribution in [-0.4, -0.2) is 12.2 Å². The molecule has 1 aromatic rings. The van der Waals surface area contributed by atoms with E-state index in [1.165, 1.54) is 0 Å². The minimum absolute atomic E-state index is 0.0705. The molecule has 2 nitrogen and oxygen atoms in total. The molecule has 0 N–H and O–H groups in total. The fourth-order valence-electron chi connectivity index (χ4n) is 2.35. The molecule has 0 bridgehead atoms. The molecule has 0 saturated heterocycles. The molecule has 0 radical (unpaired) electrons. The predicted molar refractivity (Wildman–Crippen MR) is 88.3 cm³/mol. The average Bonchev–Trinajstić information content (AvgIpc) is 2.83. The minimum atomic E-state index is 0.0705. The van der Waals surface area contributed by atoms with Crippen molar-refractivity contribution in [3.05, 3.63) is 77.0 Å². The first kappa shape index (κ1) is 14.2. The number of ether oxygens (including phenoxy) is 2. The lowest BCUT2D eigenvalue weighted by molar-refractivity contribution is 0.120. The molecule has 0 aromatic heterocycles. The van der Waals surface area contributed by atoms with Gasteiger partial charge in [0.2, 0.25) is 0 Å². The number of para-hydroxylation sites is 1. The lowest BCUT2D eigenvalue weighted by atomic mass is 10.2. The van der Waals surface area contributed by atoms with Crippen LogP contribution in [0.4, 0.5) is 0 Å². The van der Waals surface area contributed by atoms with Gasteiger partial charge in [0.1, 0.15) is 23.7 Å². The maximum atomic E-state index is 6.08. The maximum Gasteiger partial charge on any atom is 0.121 e. The van der Waals surface area contributed by atoms with Gasteiger partial charge in [-0.05, 0) is 46.3 Å². The third-order valence-corrected chi connectivity index (χ3v) is 4.10. The van der Waals surface area contributed by atoms with Crippen LogP contribution >= 0.6 is 15.9 Å². The smallest absolute Gasteiger partial charge is 0.121 e. The quantitative estimate of drug-likeness (QED) is 0.723. The molecular formula is C18H17BrO2. The second-order valence-corrected chi connectivity index (χ2v) is 5.86. The van der Waals surface area contributed by atoms with Gasteiger partial charge in [-0.1, -0.05) is 36.4 Å². The van der Waals surface area contributed by atoms with Crippen LogP contribution < -0.4 is 4.74 Å². The standard InChI is InChI=1S/C18H17BrO2/c19-17-9-5-2-6-10-18(17)21-16-12-11-15(13-16)20-14-7-3-1-4-8-14/h1-9,11-12,15-16H,10,13H2/t15-,16+/m0/s1. The third-order valence-electron chi connectivity index (χ3n) is 3.39. The summed E-state index contributed by atoms with van der Waals surface area (Å²) in [6, 6.07) is 9.90. The van der Waals surface area contributed by atoms with E-state index in [9.17, 15) is 0 Å². The van der Waals surface area contributed by atoms with E-state index in [0.717, 1.165) is 28.8 Å². The molecule has 3 rings (SSSR count). The Morgan fingerprint density at radius 3 is 2.52 bits per heavy atom. The zero-order chi connectivity index (χ0) is 14.5. The van der Waals surface area contributed by atoms with E-state index in [1.807, 2.05) is 48.6 Å². The van der Waals surface area contributed by atoms with Gasteiger partial charge < -0.3 is 9.47 Å². The molecule has 2 atom stereocenters. The van der Waals surface area contributed by atoms with Crippen LogP contribution in [0, 0.1) is 0 Å². The number of benzene rings is 1. The summed E-state index contributed by atoms with van der Waals surface area (Å²) in [5.74, 6) is 1.86. The Morgan fingerprint density at radius 2 is 1.71 bits per heavy atom. The SMILES string of the molecule is BrC1=C(O[C@@H]2C=C[C@H](Oc3ccccc3)C2)CC=CC=C1. The van der Waals surface area contributed by atoms with Crippen molar-refractivity contribution in [3.63, 3.8) is 0 Å². The summed E-state index contributed by atoms with van der Waals surface area (Å²) < 4.78 is 13.0. The van der Waals surface area contributed by atoms with Crippen molar-refractivity contribution < 1.29 is 9.47 Å². The molecule has 3 heteroatoms. The highest BCUT2D eigenvalue weighted by Crippen LogP contribution is 2.27. The van der Waals surface area contributed by atoms with Crippen LogP contribution in [0.2, 0.25) is 0 Å². The van der Waals surface area contributed by atoms with E-state index in [2.05, 4.69) is 34.2 Å². The van der Waals surface area contributed by atoms with Crippen molar-refractivity contribution in [3.8, 4) is 5.75 Å². The molecule has 0 amide bonds. The highest BCUT2D eigenvalue weighted by Gasteiger charge is 2.22. The molecule has 1 aromatic carbocycles. The Labute approximate surface area is 133 Å². The Balaban J connectivity index is 1.57. The molecule has 2 aliphatic carbocycles. The van der Waals surface area contributed by atoms with Crippen molar-refractivity contribution in [1.29, 1.82) is 0 Å². The largest absolute Gasteiger partial charge is 0.489 e. The number of halogens is 1. The molecule has 0 aliphatic heterocycles. The Bertz CT molecular complexity index is 599. The van der Waals surface area contributed by atoms with Gasteiger partial charge in [-0.15, -0.1) is 0 Å². The van der Waals surface area contributed by atoms with E-state index in [4.69, 9.17) is 9.47 Å². The number of allylic oxidation sites excluding steroid dienone is 5. The van der Waals surface area contributed by atoms with Crippen LogP contribution in [0.1, 0.15) is 12.8 Å². The van der Waals surface area contributed by atoms with Crippen molar-refractivity contribution >= 4 is 15.9 Å². The summed E-state index contributed by atoms with van der Waals surface area (Å²) in [4.78, 5) is 0. The van der Waals surface area contributed by atoms with Crippen LogP contribution in [0.5, 0.6) is 5.75 Å². The molecule has 21 heavy (non-hydrogen) atoms. The summed E-state index contributed by atoms with van der Waals surface area (Å²) >= 11 is 3.55. The molecule has 0 fully saturated rings. The van der Waals surface area contributed by atoms with Crippen LogP contribution in [-0.2, 0) is 4.74 Å². The molecule has 0 heterocycles. The normalized spacial score (nSPS) is 24.2. The Hall–Kier alpha value is -1.74. The Kier molecular flexibility index (Phi) is 4.61. The van der Waals surface area contributed by atoms with Gasteiger partial charge in [0, 0.05) is 12.8 Å². The minimum Gasteiger partial charge on any atom is -0.489 e. The summed E-state index contributed by atoms with van der Waals surface area (Å²) in [6.07, 6.45) is 14.1. The van der Waals surface area contributed by atoms with Gasteiger partial charge in [-0.3, -0.25) is 0 Å². The van der Waals surface area contributed by atoms with E-state index in [-0.39, 0.29) is 12.2 Å². The molecule has 0 saturated carbocycles. The zero-order valence-corrected chi connectivity index (χ0v) is 13.2. The first-order chi connectivity index (χ1) is 10.3. The number of hydrogen-bond acceptors (Lipinski definition) is 2. The third kappa shape index (κ3) is 3.88. The molecule has 0 unspecified atom stereocenters. The predicted octanol–water partition coefficient (Wildman–Crippen LogP) is 4.90. The topological polar surface area (TPSA) is 18.5 Å². The second-order valence-electron chi connectivity index (χ2n) is 5.01. The summed E-state index contributed by atoms with van der Waals surface area (Å²) in [6.45, 7) is 0. The summed E-state index contributed by atoms with van der Waals surface area (Å²) in [5, 5.41) is 0. The van der Waals surface area contributed by atoms with Crippen molar-refractivity contribution in [1.82, 2.24) is 0 Å².